The summed E-state index contributed by atoms with van der Waals surface area (Å²) in [5.41, 5.74) is 2.49. The highest BCUT2D eigenvalue weighted by atomic mass is 32.2. The van der Waals surface area contributed by atoms with Crippen LogP contribution in [0.5, 0.6) is 11.5 Å². The second kappa shape index (κ2) is 11.5. The van der Waals surface area contributed by atoms with Gasteiger partial charge in [-0.25, -0.2) is 8.42 Å². The Bertz CT molecular complexity index is 1130. The molecule has 2 rings (SSSR count). The highest BCUT2D eigenvalue weighted by Gasteiger charge is 2.26. The zero-order valence-electron chi connectivity index (χ0n) is 19.6. The van der Waals surface area contributed by atoms with E-state index >= 15 is 0 Å². The van der Waals surface area contributed by atoms with Crippen molar-refractivity contribution in [2.75, 3.05) is 25.1 Å². The fraction of sp³-hybridized carbons (Fsp3) is 0.333. The quantitative estimate of drug-likeness (QED) is 0.242. The largest absolute Gasteiger partial charge is 0.493 e. The number of nitro groups is 1. The van der Waals surface area contributed by atoms with E-state index in [2.05, 4.69) is 6.08 Å². The average molecular weight is 475 g/mol. The Labute approximate surface area is 195 Å². The van der Waals surface area contributed by atoms with Crippen molar-refractivity contribution in [2.24, 2.45) is 0 Å². The molecule has 0 atom stereocenters. The number of sulfonamides is 1. The summed E-state index contributed by atoms with van der Waals surface area (Å²) in [6.07, 6.45) is 5.69. The Balaban J connectivity index is 2.47. The van der Waals surface area contributed by atoms with Crippen molar-refractivity contribution in [1.29, 1.82) is 0 Å². The van der Waals surface area contributed by atoms with Crippen molar-refractivity contribution in [3.05, 3.63) is 75.9 Å². The van der Waals surface area contributed by atoms with Crippen molar-refractivity contribution in [2.45, 2.75) is 38.5 Å². The van der Waals surface area contributed by atoms with Crippen LogP contribution in [0.25, 0.3) is 0 Å². The lowest BCUT2D eigenvalue weighted by Crippen LogP contribution is -2.31. The second-order valence-corrected chi connectivity index (χ2v) is 9.56. The molecule has 0 heterocycles. The van der Waals surface area contributed by atoms with Crippen LogP contribution in [0, 0.1) is 10.1 Å². The molecule has 33 heavy (non-hydrogen) atoms. The molecule has 8 nitrogen and oxygen atoms in total. The van der Waals surface area contributed by atoms with Crippen molar-refractivity contribution in [3.63, 3.8) is 0 Å². The van der Waals surface area contributed by atoms with Crippen LogP contribution >= 0.6 is 0 Å². The molecule has 0 aliphatic rings. The van der Waals surface area contributed by atoms with Gasteiger partial charge in [-0.2, -0.15) is 0 Å². The van der Waals surface area contributed by atoms with E-state index in [1.807, 2.05) is 26.8 Å². The Morgan fingerprint density at radius 1 is 1.00 bits per heavy atom. The van der Waals surface area contributed by atoms with E-state index in [0.717, 1.165) is 18.4 Å². The second-order valence-electron chi connectivity index (χ2n) is 7.70. The highest BCUT2D eigenvalue weighted by molar-refractivity contribution is 7.92. The van der Waals surface area contributed by atoms with Gasteiger partial charge in [0.05, 0.1) is 36.3 Å². The summed E-state index contributed by atoms with van der Waals surface area (Å²) < 4.78 is 38.9. The summed E-state index contributed by atoms with van der Waals surface area (Å²) in [4.78, 5) is 10.4. The van der Waals surface area contributed by atoms with E-state index in [9.17, 15) is 18.5 Å². The lowest BCUT2D eigenvalue weighted by Gasteiger charge is -2.24. The van der Waals surface area contributed by atoms with E-state index in [4.69, 9.17) is 9.47 Å². The standard InChI is InChI=1S/C24H30N2O6S/c1-18(2)7-6-8-19(3)15-16-25(21-11-14-23(31-4)24(17-21)32-5)33(29,30)22-12-9-20(10-13-22)26(27)28/h7,9-15,17H,6,8,16H2,1-5H3/b19-15+. The highest BCUT2D eigenvalue weighted by Crippen LogP contribution is 2.34. The maximum absolute atomic E-state index is 13.5. The molecule has 0 saturated heterocycles. The molecule has 0 radical (unpaired) electrons. The van der Waals surface area contributed by atoms with Gasteiger partial charge in [-0.3, -0.25) is 14.4 Å². The van der Waals surface area contributed by atoms with Gasteiger partial charge >= 0.3 is 0 Å². The number of non-ortho nitro benzene ring substituents is 1. The summed E-state index contributed by atoms with van der Waals surface area (Å²) in [6.45, 7) is 6.13. The third-order valence-electron chi connectivity index (χ3n) is 4.99. The summed E-state index contributed by atoms with van der Waals surface area (Å²) in [5, 5.41) is 11.0. The van der Waals surface area contributed by atoms with Gasteiger partial charge in [0.2, 0.25) is 0 Å². The van der Waals surface area contributed by atoms with Gasteiger partial charge in [-0.15, -0.1) is 0 Å². The smallest absolute Gasteiger partial charge is 0.269 e. The first-order chi connectivity index (χ1) is 15.6. The number of hydrogen-bond acceptors (Lipinski definition) is 6. The number of nitro benzene ring substituents is 1. The minimum Gasteiger partial charge on any atom is -0.493 e. The summed E-state index contributed by atoms with van der Waals surface area (Å²) in [5.74, 6) is 0.866. The molecule has 0 fully saturated rings. The first-order valence-corrected chi connectivity index (χ1v) is 11.8. The molecular formula is C24H30N2O6S. The molecule has 0 unspecified atom stereocenters. The molecule has 0 aliphatic heterocycles. The fourth-order valence-corrected chi connectivity index (χ4v) is 4.52. The predicted molar refractivity (Wildman–Crippen MR) is 130 cm³/mol. The van der Waals surface area contributed by atoms with Crippen LogP contribution in [0.15, 0.2) is 70.7 Å². The minimum atomic E-state index is -4.01. The van der Waals surface area contributed by atoms with Gasteiger partial charge in [-0.05, 0) is 57.9 Å². The Morgan fingerprint density at radius 2 is 1.64 bits per heavy atom. The van der Waals surface area contributed by atoms with E-state index in [1.165, 1.54) is 48.4 Å². The van der Waals surface area contributed by atoms with Crippen LogP contribution in [0.2, 0.25) is 0 Å². The average Bonchev–Trinajstić information content (AvgIpc) is 2.78. The normalized spacial score (nSPS) is 11.6. The topological polar surface area (TPSA) is 99.0 Å². The lowest BCUT2D eigenvalue weighted by atomic mass is 10.1. The summed E-state index contributed by atoms with van der Waals surface area (Å²) in [7, 11) is -1.04. The Hall–Kier alpha value is -3.33. The third-order valence-corrected chi connectivity index (χ3v) is 6.80. The maximum atomic E-state index is 13.5. The Kier molecular flexibility index (Phi) is 9.04. The predicted octanol–water partition coefficient (Wildman–Crippen LogP) is 5.50. The van der Waals surface area contributed by atoms with Crippen LogP contribution < -0.4 is 13.8 Å². The lowest BCUT2D eigenvalue weighted by molar-refractivity contribution is -0.384. The molecule has 0 aromatic heterocycles. The molecular weight excluding hydrogens is 444 g/mol. The third kappa shape index (κ3) is 6.82. The van der Waals surface area contributed by atoms with Crippen LogP contribution in [-0.2, 0) is 10.0 Å². The molecule has 0 bridgehead atoms. The van der Waals surface area contributed by atoms with E-state index in [1.54, 1.807) is 18.2 Å². The zero-order valence-corrected chi connectivity index (χ0v) is 20.4. The molecule has 0 saturated carbocycles. The monoisotopic (exact) mass is 474 g/mol. The van der Waals surface area contributed by atoms with Crippen LogP contribution in [0.4, 0.5) is 11.4 Å². The van der Waals surface area contributed by atoms with Crippen molar-refractivity contribution >= 4 is 21.4 Å². The van der Waals surface area contributed by atoms with Gasteiger partial charge < -0.3 is 9.47 Å². The van der Waals surface area contributed by atoms with Crippen LogP contribution in [-0.4, -0.2) is 34.1 Å². The van der Waals surface area contributed by atoms with Crippen LogP contribution in [0.3, 0.4) is 0 Å². The number of allylic oxidation sites excluding steroid dienone is 3. The van der Waals surface area contributed by atoms with Gasteiger partial charge in [0.1, 0.15) is 0 Å². The minimum absolute atomic E-state index is 0.0431. The molecule has 0 aliphatic carbocycles. The fourth-order valence-electron chi connectivity index (χ4n) is 3.12. The molecule has 2 aromatic carbocycles. The Morgan fingerprint density at radius 3 is 2.18 bits per heavy atom. The van der Waals surface area contributed by atoms with E-state index in [0.29, 0.717) is 17.2 Å². The zero-order chi connectivity index (χ0) is 24.6. The number of methoxy groups -OCH3 is 2. The van der Waals surface area contributed by atoms with Crippen molar-refractivity contribution in [1.82, 2.24) is 0 Å². The molecule has 0 amide bonds. The number of rotatable bonds is 11. The van der Waals surface area contributed by atoms with Gasteiger partial charge in [0.15, 0.2) is 11.5 Å². The molecule has 2 aromatic rings. The molecule has 0 spiro atoms. The first kappa shape index (κ1) is 25.9. The molecule has 9 heteroatoms. The van der Waals surface area contributed by atoms with Gasteiger partial charge in [-0.1, -0.05) is 23.3 Å². The van der Waals surface area contributed by atoms with E-state index in [-0.39, 0.29) is 17.1 Å². The number of anilines is 1. The molecule has 178 valence electrons. The van der Waals surface area contributed by atoms with Crippen molar-refractivity contribution < 1.29 is 22.8 Å². The number of hydrogen-bond donors (Lipinski definition) is 0. The van der Waals surface area contributed by atoms with E-state index < -0.39 is 14.9 Å². The SMILES string of the molecule is COc1ccc(N(C/C=C(\C)CCC=C(C)C)S(=O)(=O)c2ccc([N+](=O)[O-])cc2)cc1OC. The summed E-state index contributed by atoms with van der Waals surface area (Å²) in [6, 6.07) is 9.71. The van der Waals surface area contributed by atoms with Crippen molar-refractivity contribution in [3.8, 4) is 11.5 Å². The molecule has 0 N–H and O–H groups in total. The maximum Gasteiger partial charge on any atom is 0.269 e. The number of benzene rings is 2. The van der Waals surface area contributed by atoms with Gasteiger partial charge in [0.25, 0.3) is 15.7 Å². The summed E-state index contributed by atoms with van der Waals surface area (Å²) >= 11 is 0. The van der Waals surface area contributed by atoms with Crippen LogP contribution in [0.1, 0.15) is 33.6 Å². The number of ether oxygens (including phenoxy) is 2. The number of nitrogens with zero attached hydrogens (tertiary/aromatic N) is 2. The van der Waals surface area contributed by atoms with Gasteiger partial charge in [0, 0.05) is 18.2 Å². The first-order valence-electron chi connectivity index (χ1n) is 10.4.